The van der Waals surface area contributed by atoms with Gasteiger partial charge in [-0.25, -0.2) is 0 Å². The largest absolute Gasteiger partial charge is 0.368 e. The highest BCUT2D eigenvalue weighted by Gasteiger charge is 2.61. The molecule has 2 aliphatic carbocycles. The normalized spacial score (nSPS) is 30.9. The Bertz CT molecular complexity index is 848. The van der Waals surface area contributed by atoms with Crippen molar-refractivity contribution >= 4 is 16.6 Å². The van der Waals surface area contributed by atoms with E-state index in [9.17, 15) is 0 Å². The number of para-hydroxylation sites is 1. The summed E-state index contributed by atoms with van der Waals surface area (Å²) in [6, 6.07) is 8.81. The number of piperazine rings is 1. The minimum absolute atomic E-state index is 0.221. The molecule has 1 saturated carbocycles. The highest BCUT2D eigenvalue weighted by atomic mass is 15.3. The summed E-state index contributed by atoms with van der Waals surface area (Å²) in [6.07, 6.45) is 2.60. The van der Waals surface area contributed by atoms with Crippen LogP contribution in [-0.4, -0.2) is 43.1 Å². The molecule has 5 rings (SSSR count). The molecular formula is C22H29N3. The smallest absolute Gasteiger partial charge is 0.0726 e. The fraction of sp³-hybridized carbons (Fsp3) is 0.591. The van der Waals surface area contributed by atoms with E-state index in [2.05, 4.69) is 61.9 Å². The molecule has 25 heavy (non-hydrogen) atoms. The van der Waals surface area contributed by atoms with Crippen LogP contribution >= 0.6 is 0 Å². The topological polar surface area (TPSA) is 19.4 Å². The van der Waals surface area contributed by atoms with Crippen LogP contribution in [0.5, 0.6) is 0 Å². The van der Waals surface area contributed by atoms with E-state index in [1.165, 1.54) is 35.1 Å². The molecule has 2 atom stereocenters. The van der Waals surface area contributed by atoms with Crippen molar-refractivity contribution in [3.63, 3.8) is 0 Å². The lowest BCUT2D eigenvalue weighted by atomic mass is 9.70. The van der Waals surface area contributed by atoms with E-state index in [1.807, 2.05) is 0 Å². The zero-order valence-corrected chi connectivity index (χ0v) is 16.0. The minimum Gasteiger partial charge on any atom is -0.368 e. The second-order valence-corrected chi connectivity index (χ2v) is 9.18. The molecule has 2 heterocycles. The van der Waals surface area contributed by atoms with Gasteiger partial charge < -0.3 is 9.80 Å². The Balaban J connectivity index is 1.79. The minimum atomic E-state index is 0.221. The van der Waals surface area contributed by atoms with Crippen molar-refractivity contribution in [1.82, 2.24) is 9.88 Å². The lowest BCUT2D eigenvalue weighted by Gasteiger charge is -2.37. The maximum absolute atomic E-state index is 5.24. The molecule has 2 aromatic rings. The van der Waals surface area contributed by atoms with E-state index in [4.69, 9.17) is 4.98 Å². The van der Waals surface area contributed by atoms with Gasteiger partial charge in [0.15, 0.2) is 0 Å². The van der Waals surface area contributed by atoms with Crippen LogP contribution in [0.25, 0.3) is 10.9 Å². The molecule has 2 fully saturated rings. The predicted molar refractivity (Wildman–Crippen MR) is 105 cm³/mol. The van der Waals surface area contributed by atoms with Crippen LogP contribution < -0.4 is 4.90 Å². The third-order valence-corrected chi connectivity index (χ3v) is 7.82. The summed E-state index contributed by atoms with van der Waals surface area (Å²) < 4.78 is 0. The zero-order valence-electron chi connectivity index (χ0n) is 16.0. The molecule has 3 heteroatoms. The second-order valence-electron chi connectivity index (χ2n) is 9.18. The van der Waals surface area contributed by atoms with Crippen molar-refractivity contribution in [3.8, 4) is 0 Å². The molecule has 0 radical (unpaired) electrons. The highest BCUT2D eigenvalue weighted by Crippen LogP contribution is 2.69. The summed E-state index contributed by atoms with van der Waals surface area (Å²) in [4.78, 5) is 10.3. The zero-order chi connectivity index (χ0) is 17.4. The van der Waals surface area contributed by atoms with Crippen LogP contribution in [-0.2, 0) is 5.41 Å². The Labute approximate surface area is 151 Å². The van der Waals surface area contributed by atoms with E-state index >= 15 is 0 Å². The number of nitrogens with zero attached hydrogens (tertiary/aromatic N) is 3. The molecule has 1 saturated heterocycles. The van der Waals surface area contributed by atoms with Gasteiger partial charge in [0.25, 0.3) is 0 Å². The first-order valence-electron chi connectivity index (χ1n) is 9.80. The average molecular weight is 335 g/mol. The third-order valence-electron chi connectivity index (χ3n) is 7.82. The number of pyridine rings is 1. The number of benzene rings is 1. The van der Waals surface area contributed by atoms with Gasteiger partial charge in [0.2, 0.25) is 0 Å². The Morgan fingerprint density at radius 2 is 1.76 bits per heavy atom. The van der Waals surface area contributed by atoms with E-state index in [0.29, 0.717) is 11.3 Å². The molecule has 3 nitrogen and oxygen atoms in total. The first-order chi connectivity index (χ1) is 11.9. The molecule has 0 N–H and O–H groups in total. The van der Waals surface area contributed by atoms with Gasteiger partial charge in [0.05, 0.1) is 16.9 Å². The Kier molecular flexibility index (Phi) is 3.11. The van der Waals surface area contributed by atoms with Gasteiger partial charge in [-0.05, 0) is 37.3 Å². The molecule has 1 aromatic heterocycles. The molecule has 0 amide bonds. The monoisotopic (exact) mass is 335 g/mol. The van der Waals surface area contributed by atoms with E-state index in [-0.39, 0.29) is 5.41 Å². The third kappa shape index (κ3) is 1.88. The second kappa shape index (κ2) is 4.97. The Hall–Kier alpha value is -1.61. The molecule has 1 aliphatic heterocycles. The van der Waals surface area contributed by atoms with E-state index in [1.54, 1.807) is 5.56 Å². The highest BCUT2D eigenvalue weighted by molar-refractivity contribution is 5.95. The van der Waals surface area contributed by atoms with Crippen LogP contribution in [0.15, 0.2) is 24.3 Å². The quantitative estimate of drug-likeness (QED) is 0.780. The number of hydrogen-bond acceptors (Lipinski definition) is 3. The van der Waals surface area contributed by atoms with Gasteiger partial charge in [0, 0.05) is 42.5 Å². The van der Waals surface area contributed by atoms with Crippen molar-refractivity contribution in [1.29, 1.82) is 0 Å². The lowest BCUT2D eigenvalue weighted by molar-refractivity contribution is 0.227. The van der Waals surface area contributed by atoms with Crippen molar-refractivity contribution in [2.75, 3.05) is 38.1 Å². The number of hydrogen-bond donors (Lipinski definition) is 0. The van der Waals surface area contributed by atoms with Crippen LogP contribution in [0.1, 0.15) is 50.8 Å². The van der Waals surface area contributed by atoms with E-state index in [0.717, 1.165) is 26.2 Å². The molecule has 1 aromatic carbocycles. The summed E-state index contributed by atoms with van der Waals surface area (Å²) >= 11 is 0. The van der Waals surface area contributed by atoms with Crippen LogP contribution in [0.2, 0.25) is 0 Å². The molecule has 3 aliphatic rings. The SMILES string of the molecule is CN1CCN(c2c3c(nc4ccccc24)[C@@]2(C)CC[C@H]3C2(C)C)CC1. The standard InChI is InChI=1S/C22H29N3/c1-21(2)16-9-10-22(21,3)20-18(16)19(25-13-11-24(4)12-14-25)15-7-5-6-8-17(15)23-20/h5-8,16H,9-14H2,1-4H3/t16-,22-/m1/s1. The van der Waals surface area contributed by atoms with Crippen molar-refractivity contribution in [2.24, 2.45) is 5.41 Å². The van der Waals surface area contributed by atoms with Crippen LogP contribution in [0.4, 0.5) is 5.69 Å². The van der Waals surface area contributed by atoms with Crippen LogP contribution in [0.3, 0.4) is 0 Å². The average Bonchev–Trinajstić information content (AvgIpc) is 2.93. The maximum atomic E-state index is 5.24. The summed E-state index contributed by atoms with van der Waals surface area (Å²) in [5.74, 6) is 0.652. The number of likely N-dealkylation sites (N-methyl/N-ethyl adjacent to an activating group) is 1. The summed E-state index contributed by atoms with van der Waals surface area (Å²) in [5, 5.41) is 1.36. The number of aromatic nitrogens is 1. The summed E-state index contributed by atoms with van der Waals surface area (Å²) in [6.45, 7) is 12.0. The van der Waals surface area contributed by atoms with Gasteiger partial charge in [-0.3, -0.25) is 4.98 Å². The van der Waals surface area contributed by atoms with Crippen molar-refractivity contribution in [2.45, 2.75) is 44.9 Å². The van der Waals surface area contributed by atoms with Gasteiger partial charge in [-0.15, -0.1) is 0 Å². The van der Waals surface area contributed by atoms with Crippen molar-refractivity contribution < 1.29 is 0 Å². The number of fused-ring (bicyclic) bond motifs is 6. The Morgan fingerprint density at radius 1 is 1.04 bits per heavy atom. The lowest BCUT2D eigenvalue weighted by Crippen LogP contribution is -2.45. The fourth-order valence-electron chi connectivity index (χ4n) is 5.76. The molecule has 132 valence electrons. The van der Waals surface area contributed by atoms with Gasteiger partial charge in [-0.1, -0.05) is 39.0 Å². The number of anilines is 1. The first-order valence-corrected chi connectivity index (χ1v) is 9.80. The van der Waals surface area contributed by atoms with E-state index < -0.39 is 0 Å². The molecular weight excluding hydrogens is 306 g/mol. The molecule has 0 unspecified atom stereocenters. The molecule has 0 spiro atoms. The predicted octanol–water partition coefficient (Wildman–Crippen LogP) is 4.16. The number of rotatable bonds is 1. The first kappa shape index (κ1) is 15.6. The van der Waals surface area contributed by atoms with Gasteiger partial charge in [0.1, 0.15) is 0 Å². The van der Waals surface area contributed by atoms with Gasteiger partial charge >= 0.3 is 0 Å². The summed E-state index contributed by atoms with van der Waals surface area (Å²) in [5.41, 5.74) is 6.21. The van der Waals surface area contributed by atoms with Crippen LogP contribution in [0, 0.1) is 5.41 Å². The van der Waals surface area contributed by atoms with Gasteiger partial charge in [-0.2, -0.15) is 0 Å². The Morgan fingerprint density at radius 3 is 2.52 bits per heavy atom. The molecule has 2 bridgehead atoms. The fourth-order valence-corrected chi connectivity index (χ4v) is 5.76. The maximum Gasteiger partial charge on any atom is 0.0726 e. The van der Waals surface area contributed by atoms with Crippen molar-refractivity contribution in [3.05, 3.63) is 35.5 Å². The summed E-state index contributed by atoms with van der Waals surface area (Å²) in [7, 11) is 2.23.